The molecule has 1 atom stereocenters. The fourth-order valence-corrected chi connectivity index (χ4v) is 4.40. The number of nitrogens with one attached hydrogen (secondary N) is 1. The Bertz CT molecular complexity index is 984. The van der Waals surface area contributed by atoms with Crippen LogP contribution in [-0.4, -0.2) is 48.9 Å². The Morgan fingerprint density at radius 1 is 1.20 bits per heavy atom. The molecular formula is C23H30N6O. The highest BCUT2D eigenvalue weighted by atomic mass is 16.2. The molecule has 7 nitrogen and oxygen atoms in total. The summed E-state index contributed by atoms with van der Waals surface area (Å²) in [5, 5.41) is 11.9. The molecule has 1 aliphatic rings. The first kappa shape index (κ1) is 20.3. The number of aromatic nitrogens is 5. The van der Waals surface area contributed by atoms with Crippen LogP contribution in [0, 0.1) is 19.8 Å². The number of rotatable bonds is 6. The fraction of sp³-hybridized carbons (Fsp3) is 0.478. The van der Waals surface area contributed by atoms with Gasteiger partial charge in [0, 0.05) is 31.1 Å². The summed E-state index contributed by atoms with van der Waals surface area (Å²) in [5.74, 6) is 2.12. The van der Waals surface area contributed by atoms with E-state index in [9.17, 15) is 4.79 Å². The quantitative estimate of drug-likeness (QED) is 0.681. The predicted molar refractivity (Wildman–Crippen MR) is 115 cm³/mol. The van der Waals surface area contributed by atoms with Crippen molar-refractivity contribution < 1.29 is 4.79 Å². The third-order valence-electron chi connectivity index (χ3n) is 6.03. The van der Waals surface area contributed by atoms with Gasteiger partial charge in [-0.2, -0.15) is 10.2 Å². The Balaban J connectivity index is 1.34. The first-order valence-corrected chi connectivity index (χ1v) is 10.7. The molecule has 1 fully saturated rings. The highest BCUT2D eigenvalue weighted by molar-refractivity contribution is 5.78. The first-order valence-electron chi connectivity index (χ1n) is 10.7. The van der Waals surface area contributed by atoms with E-state index in [1.807, 2.05) is 42.6 Å². The van der Waals surface area contributed by atoms with E-state index in [-0.39, 0.29) is 11.8 Å². The summed E-state index contributed by atoms with van der Waals surface area (Å²) in [6.45, 7) is 7.94. The van der Waals surface area contributed by atoms with E-state index in [0.717, 1.165) is 44.0 Å². The molecule has 0 saturated carbocycles. The molecule has 0 spiro atoms. The van der Waals surface area contributed by atoms with Crippen molar-refractivity contribution in [2.24, 2.45) is 5.92 Å². The zero-order chi connectivity index (χ0) is 21.1. The van der Waals surface area contributed by atoms with Crippen molar-refractivity contribution in [2.45, 2.75) is 52.5 Å². The van der Waals surface area contributed by atoms with Crippen LogP contribution in [0.5, 0.6) is 0 Å². The van der Waals surface area contributed by atoms with Crippen LogP contribution in [0.4, 0.5) is 0 Å². The topological polar surface area (TPSA) is 79.7 Å². The molecule has 3 aromatic rings. The zero-order valence-electron chi connectivity index (χ0n) is 18.0. The molecule has 3 heterocycles. The van der Waals surface area contributed by atoms with Crippen LogP contribution in [0.2, 0.25) is 0 Å². The largest absolute Gasteiger partial charge is 0.342 e. The van der Waals surface area contributed by atoms with E-state index >= 15 is 0 Å². The Labute approximate surface area is 177 Å². The molecule has 0 unspecified atom stereocenters. The van der Waals surface area contributed by atoms with Gasteiger partial charge in [0.05, 0.1) is 18.7 Å². The number of carbonyl (C=O) groups excluding carboxylic acids is 1. The lowest BCUT2D eigenvalue weighted by molar-refractivity contribution is -0.136. The minimum Gasteiger partial charge on any atom is -0.342 e. The summed E-state index contributed by atoms with van der Waals surface area (Å²) in [6.07, 6.45) is 4.76. The van der Waals surface area contributed by atoms with Crippen LogP contribution >= 0.6 is 0 Å². The van der Waals surface area contributed by atoms with Crippen LogP contribution in [0.1, 0.15) is 54.2 Å². The molecular weight excluding hydrogens is 376 g/mol. The maximum Gasteiger partial charge on any atom is 0.227 e. The van der Waals surface area contributed by atoms with Crippen molar-refractivity contribution in [2.75, 3.05) is 13.1 Å². The number of aryl methyl sites for hydroxylation is 2. The minimum atomic E-state index is -0.109. The Hall–Kier alpha value is -2.96. The lowest BCUT2D eigenvalue weighted by Crippen LogP contribution is -2.42. The van der Waals surface area contributed by atoms with Gasteiger partial charge in [-0.3, -0.25) is 9.89 Å². The molecule has 0 bridgehead atoms. The number of piperidine rings is 1. The van der Waals surface area contributed by atoms with Crippen LogP contribution in [0.25, 0.3) is 0 Å². The highest BCUT2D eigenvalue weighted by Crippen LogP contribution is 2.30. The fourth-order valence-electron chi connectivity index (χ4n) is 4.40. The van der Waals surface area contributed by atoms with E-state index in [4.69, 9.17) is 0 Å². The second kappa shape index (κ2) is 8.81. The van der Waals surface area contributed by atoms with Gasteiger partial charge in [-0.15, -0.1) is 0 Å². The number of aromatic amines is 1. The number of H-pyrrole nitrogens is 1. The second-order valence-corrected chi connectivity index (χ2v) is 8.36. The van der Waals surface area contributed by atoms with Gasteiger partial charge in [-0.05, 0) is 37.8 Å². The summed E-state index contributed by atoms with van der Waals surface area (Å²) >= 11 is 0. The molecule has 158 valence electrons. The van der Waals surface area contributed by atoms with Gasteiger partial charge in [-0.25, -0.2) is 9.67 Å². The molecule has 4 rings (SSSR count). The van der Waals surface area contributed by atoms with Crippen molar-refractivity contribution in [1.82, 2.24) is 29.9 Å². The number of benzene rings is 1. The van der Waals surface area contributed by atoms with Gasteiger partial charge in [0.2, 0.25) is 5.91 Å². The normalized spacial score (nSPS) is 16.0. The Morgan fingerprint density at radius 3 is 2.60 bits per heavy atom. The number of amides is 1. The molecule has 1 aliphatic heterocycles. The van der Waals surface area contributed by atoms with Gasteiger partial charge in [-0.1, -0.05) is 37.3 Å². The molecule has 30 heavy (non-hydrogen) atoms. The number of likely N-dealkylation sites (tertiary alicyclic amines) is 1. The van der Waals surface area contributed by atoms with Crippen LogP contribution < -0.4 is 0 Å². The third kappa shape index (κ3) is 4.45. The van der Waals surface area contributed by atoms with Crippen molar-refractivity contribution >= 4 is 5.91 Å². The Kier molecular flexibility index (Phi) is 5.97. The maximum atomic E-state index is 13.0. The number of nitrogens with zero attached hydrogens (tertiary/aromatic N) is 5. The summed E-state index contributed by atoms with van der Waals surface area (Å²) in [7, 11) is 0. The summed E-state index contributed by atoms with van der Waals surface area (Å²) in [4.78, 5) is 19.3. The van der Waals surface area contributed by atoms with Gasteiger partial charge in [0.1, 0.15) is 11.6 Å². The predicted octanol–water partition coefficient (Wildman–Crippen LogP) is 3.25. The highest BCUT2D eigenvalue weighted by Gasteiger charge is 2.29. The number of hydrogen-bond donors (Lipinski definition) is 1. The SMILES string of the molecule is Cc1nc(C)n(C[C@H](C)C(=O)N2CCC(c3[nH]ncc3Cc3ccccc3)CC2)n1. The monoisotopic (exact) mass is 406 g/mol. The van der Waals surface area contributed by atoms with Crippen LogP contribution in [0.3, 0.4) is 0 Å². The molecule has 7 heteroatoms. The number of carbonyl (C=O) groups is 1. The molecule has 0 aliphatic carbocycles. The molecule has 1 saturated heterocycles. The first-order chi connectivity index (χ1) is 14.5. The molecule has 1 amide bonds. The van der Waals surface area contributed by atoms with Gasteiger partial charge in [0.25, 0.3) is 0 Å². The van der Waals surface area contributed by atoms with Crippen molar-refractivity contribution in [3.05, 3.63) is 65.0 Å². The molecule has 2 aromatic heterocycles. The van der Waals surface area contributed by atoms with E-state index in [1.165, 1.54) is 16.8 Å². The zero-order valence-corrected chi connectivity index (χ0v) is 18.0. The van der Waals surface area contributed by atoms with E-state index < -0.39 is 0 Å². The van der Waals surface area contributed by atoms with Gasteiger partial charge < -0.3 is 4.90 Å². The number of hydrogen-bond acceptors (Lipinski definition) is 4. The van der Waals surface area contributed by atoms with Crippen molar-refractivity contribution in [3.63, 3.8) is 0 Å². The summed E-state index contributed by atoms with van der Waals surface area (Å²) in [5.41, 5.74) is 3.78. The molecule has 1 aromatic carbocycles. The average Bonchev–Trinajstić information content (AvgIpc) is 3.34. The van der Waals surface area contributed by atoms with Crippen molar-refractivity contribution in [1.29, 1.82) is 0 Å². The standard InChI is InChI=1S/C23H30N6O/c1-16(15-29-18(3)25-17(2)27-29)23(30)28-11-9-20(10-12-28)22-21(14-24-26-22)13-19-7-5-4-6-8-19/h4-8,14,16,20H,9-13,15H2,1-3H3,(H,24,26)/t16-/m0/s1. The third-order valence-corrected chi connectivity index (χ3v) is 6.03. The van der Waals surface area contributed by atoms with E-state index in [1.54, 1.807) is 0 Å². The lowest BCUT2D eigenvalue weighted by atomic mass is 9.89. The molecule has 0 radical (unpaired) electrons. The van der Waals surface area contributed by atoms with Gasteiger partial charge >= 0.3 is 0 Å². The minimum absolute atomic E-state index is 0.109. The smallest absolute Gasteiger partial charge is 0.227 e. The van der Waals surface area contributed by atoms with Crippen LogP contribution in [0.15, 0.2) is 36.5 Å². The maximum absolute atomic E-state index is 13.0. The lowest BCUT2D eigenvalue weighted by Gasteiger charge is -2.33. The molecule has 1 N–H and O–H groups in total. The Morgan fingerprint density at radius 2 is 1.93 bits per heavy atom. The van der Waals surface area contributed by atoms with E-state index in [0.29, 0.717) is 12.5 Å². The second-order valence-electron chi connectivity index (χ2n) is 8.36. The van der Waals surface area contributed by atoms with Gasteiger partial charge in [0.15, 0.2) is 0 Å². The summed E-state index contributed by atoms with van der Waals surface area (Å²) < 4.78 is 1.84. The van der Waals surface area contributed by atoms with Crippen molar-refractivity contribution in [3.8, 4) is 0 Å². The average molecular weight is 407 g/mol. The summed E-state index contributed by atoms with van der Waals surface area (Å²) in [6, 6.07) is 10.5. The van der Waals surface area contributed by atoms with E-state index in [2.05, 4.69) is 44.5 Å². The van der Waals surface area contributed by atoms with Crippen LogP contribution in [-0.2, 0) is 17.8 Å².